The second-order valence-electron chi connectivity index (χ2n) is 0. The Labute approximate surface area is 92.8 Å². The van der Waals surface area contributed by atoms with E-state index in [9.17, 15) is 0 Å². The van der Waals surface area contributed by atoms with Crippen molar-refractivity contribution in [1.29, 1.82) is 0 Å². The minimum atomic E-state index is 0. The Morgan fingerprint density at radius 3 is 0.600 bits per heavy atom. The minimum absolute atomic E-state index is 0. The van der Waals surface area contributed by atoms with Gasteiger partial charge >= 0.3 is 0 Å². The van der Waals surface area contributed by atoms with Crippen LogP contribution in [0.1, 0.15) is 7.43 Å². The van der Waals surface area contributed by atoms with Gasteiger partial charge in [-0.2, -0.15) is 0 Å². The molecule has 0 radical (unpaired) electrons. The summed E-state index contributed by atoms with van der Waals surface area (Å²) in [6.45, 7) is 0. The van der Waals surface area contributed by atoms with Crippen molar-refractivity contribution in [2.45, 2.75) is 7.43 Å². The SMILES string of the molecule is C.[I-].[I-].[Zn].[Zn]. The Balaban J connectivity index is 0. The molecule has 0 aliphatic carbocycles. The van der Waals surface area contributed by atoms with Crippen molar-refractivity contribution in [2.24, 2.45) is 0 Å². The van der Waals surface area contributed by atoms with E-state index in [1.807, 2.05) is 0 Å². The first-order chi connectivity index (χ1) is 0. The summed E-state index contributed by atoms with van der Waals surface area (Å²) in [4.78, 5) is 0. The molecule has 0 aromatic rings. The maximum Gasteiger partial charge on any atom is 0 e. The molecule has 0 atom stereocenters. The molecule has 0 unspecified atom stereocenters. The number of hydrogen-bond donors (Lipinski definition) is 0. The van der Waals surface area contributed by atoms with Gasteiger partial charge in [-0.05, 0) is 0 Å². The molecular formula is CH4I2Zn2-2. The monoisotopic (exact) mass is 398 g/mol. The standard InChI is InChI=1S/CH4.2HI.2Zn/h1H4;2*1H;;/p-2. The van der Waals surface area contributed by atoms with E-state index in [4.69, 9.17) is 0 Å². The normalized spacial score (nSPS) is 0. The van der Waals surface area contributed by atoms with Crippen molar-refractivity contribution in [3.05, 3.63) is 0 Å². The van der Waals surface area contributed by atoms with E-state index in [0.29, 0.717) is 0 Å². The third-order valence-electron chi connectivity index (χ3n) is 0. The first-order valence-corrected chi connectivity index (χ1v) is 0. The van der Waals surface area contributed by atoms with E-state index in [-0.39, 0.29) is 94.3 Å². The van der Waals surface area contributed by atoms with E-state index in [1.165, 1.54) is 0 Å². The molecular weight excluding hydrogens is 397 g/mol. The number of halogens is 2. The molecule has 0 N–H and O–H groups in total. The third-order valence-corrected chi connectivity index (χ3v) is 0. The summed E-state index contributed by atoms with van der Waals surface area (Å²) in [6.07, 6.45) is 0. The molecule has 0 aliphatic heterocycles. The zero-order valence-electron chi connectivity index (χ0n) is 2.17. The van der Waals surface area contributed by atoms with Crippen LogP contribution in [0.5, 0.6) is 0 Å². The molecule has 28 valence electrons. The fourth-order valence-corrected chi connectivity index (χ4v) is 0. The predicted octanol–water partition coefficient (Wildman–Crippen LogP) is -5.36. The largest absolute Gasteiger partial charge is 1.00 e. The molecule has 0 saturated heterocycles. The second-order valence-corrected chi connectivity index (χ2v) is 0. The summed E-state index contributed by atoms with van der Waals surface area (Å²) < 4.78 is 0. The molecule has 0 aromatic heterocycles. The van der Waals surface area contributed by atoms with Crippen LogP contribution in [0.3, 0.4) is 0 Å². The molecule has 0 bridgehead atoms. The fourth-order valence-electron chi connectivity index (χ4n) is 0. The van der Waals surface area contributed by atoms with E-state index < -0.39 is 0 Å². The van der Waals surface area contributed by atoms with Crippen molar-refractivity contribution in [3.8, 4) is 0 Å². The number of hydrogen-bond acceptors (Lipinski definition) is 0. The van der Waals surface area contributed by atoms with Crippen LogP contribution in [0.15, 0.2) is 0 Å². The van der Waals surface area contributed by atoms with Crippen LogP contribution in [-0.4, -0.2) is 0 Å². The van der Waals surface area contributed by atoms with Gasteiger partial charge in [0.2, 0.25) is 0 Å². The van der Waals surface area contributed by atoms with E-state index >= 15 is 0 Å². The summed E-state index contributed by atoms with van der Waals surface area (Å²) in [5, 5.41) is 0. The predicted molar refractivity (Wildman–Crippen MR) is 6.73 cm³/mol. The van der Waals surface area contributed by atoms with Crippen molar-refractivity contribution in [1.82, 2.24) is 0 Å². The molecule has 0 aliphatic rings. The molecule has 0 aromatic carbocycles. The summed E-state index contributed by atoms with van der Waals surface area (Å²) in [5.74, 6) is 0. The van der Waals surface area contributed by atoms with Gasteiger partial charge in [0, 0.05) is 39.0 Å². The molecule has 0 amide bonds. The quantitative estimate of drug-likeness (QED) is 0.281. The van der Waals surface area contributed by atoms with E-state index in [2.05, 4.69) is 0 Å². The van der Waals surface area contributed by atoms with E-state index in [1.54, 1.807) is 0 Å². The van der Waals surface area contributed by atoms with Crippen LogP contribution >= 0.6 is 0 Å². The average molecular weight is 401 g/mol. The molecule has 0 rings (SSSR count). The maximum absolute atomic E-state index is 0. The van der Waals surface area contributed by atoms with Crippen LogP contribution in [-0.2, 0) is 39.0 Å². The summed E-state index contributed by atoms with van der Waals surface area (Å²) in [7, 11) is 0. The van der Waals surface area contributed by atoms with Gasteiger partial charge in [-0.3, -0.25) is 0 Å². The summed E-state index contributed by atoms with van der Waals surface area (Å²) in [6, 6.07) is 0. The Kier molecular flexibility index (Phi) is 282. The number of rotatable bonds is 0. The smallest absolute Gasteiger partial charge is 0 e. The topological polar surface area (TPSA) is 0 Å². The van der Waals surface area contributed by atoms with Crippen LogP contribution in [0.4, 0.5) is 0 Å². The zero-order chi connectivity index (χ0) is 0. The average Bonchev–Trinajstić information content (AvgIpc) is 0. The molecule has 0 heterocycles. The molecule has 0 saturated carbocycles. The Morgan fingerprint density at radius 1 is 0.600 bits per heavy atom. The van der Waals surface area contributed by atoms with Crippen LogP contribution in [0.25, 0.3) is 0 Å². The second kappa shape index (κ2) is 29.8. The molecule has 5 heavy (non-hydrogen) atoms. The summed E-state index contributed by atoms with van der Waals surface area (Å²) in [5.41, 5.74) is 0. The van der Waals surface area contributed by atoms with Gasteiger partial charge in [0.25, 0.3) is 0 Å². The maximum atomic E-state index is 0. The van der Waals surface area contributed by atoms with Crippen molar-refractivity contribution < 1.29 is 86.9 Å². The van der Waals surface area contributed by atoms with Crippen LogP contribution in [0, 0.1) is 0 Å². The van der Waals surface area contributed by atoms with Crippen molar-refractivity contribution in [3.63, 3.8) is 0 Å². The van der Waals surface area contributed by atoms with Gasteiger partial charge in [0.1, 0.15) is 0 Å². The zero-order valence-corrected chi connectivity index (χ0v) is 12.4. The Hall–Kier alpha value is 2.71. The third kappa shape index (κ3) is 20.3. The van der Waals surface area contributed by atoms with Gasteiger partial charge in [-0.25, -0.2) is 0 Å². The van der Waals surface area contributed by atoms with Gasteiger partial charge < -0.3 is 48.0 Å². The molecule has 0 fully saturated rings. The van der Waals surface area contributed by atoms with Crippen LogP contribution in [0.2, 0.25) is 0 Å². The molecule has 0 spiro atoms. The van der Waals surface area contributed by atoms with Crippen molar-refractivity contribution in [2.75, 3.05) is 0 Å². The fraction of sp³-hybridized carbons (Fsp3) is 1.00. The Morgan fingerprint density at radius 2 is 0.600 bits per heavy atom. The van der Waals surface area contributed by atoms with Crippen LogP contribution < -0.4 is 48.0 Å². The van der Waals surface area contributed by atoms with Gasteiger partial charge in [-0.1, -0.05) is 7.43 Å². The van der Waals surface area contributed by atoms with Gasteiger partial charge in [-0.15, -0.1) is 0 Å². The first-order valence-electron chi connectivity index (χ1n) is 0. The molecule has 4 heteroatoms. The molecule has 0 nitrogen and oxygen atoms in total. The Bertz CT molecular complexity index is 7.61. The van der Waals surface area contributed by atoms with Gasteiger partial charge in [0.15, 0.2) is 0 Å². The van der Waals surface area contributed by atoms with E-state index in [0.717, 1.165) is 0 Å². The summed E-state index contributed by atoms with van der Waals surface area (Å²) >= 11 is 0. The first kappa shape index (κ1) is 47.3. The van der Waals surface area contributed by atoms with Crippen molar-refractivity contribution >= 4 is 0 Å². The van der Waals surface area contributed by atoms with Gasteiger partial charge in [0.05, 0.1) is 0 Å². The minimum Gasteiger partial charge on any atom is -1.00 e.